The summed E-state index contributed by atoms with van der Waals surface area (Å²) in [5.74, 6) is 0.164. The number of piperidine rings is 1. The number of carbonyl (C=O) groups excluding carboxylic acids is 1. The van der Waals surface area contributed by atoms with Crippen LogP contribution in [0.1, 0.15) is 44.1 Å². The van der Waals surface area contributed by atoms with Crippen LogP contribution in [0.25, 0.3) is 11.0 Å². The Hall–Kier alpha value is -2.08. The molecule has 0 radical (unpaired) electrons. The van der Waals surface area contributed by atoms with Crippen molar-refractivity contribution in [1.82, 2.24) is 20.6 Å². The second-order valence-electron chi connectivity index (χ2n) is 7.19. The number of hydrogen-bond donors (Lipinski definition) is 4. The first kappa shape index (κ1) is 15.4. The van der Waals surface area contributed by atoms with Crippen molar-refractivity contribution in [2.24, 2.45) is 0 Å². The third-order valence-corrected chi connectivity index (χ3v) is 5.29. The van der Waals surface area contributed by atoms with Gasteiger partial charge in [0.2, 0.25) is 5.91 Å². The summed E-state index contributed by atoms with van der Waals surface area (Å²) in [6.45, 7) is 0. The summed E-state index contributed by atoms with van der Waals surface area (Å²) in [4.78, 5) is 28.9. The van der Waals surface area contributed by atoms with Crippen molar-refractivity contribution in [2.45, 2.75) is 63.1 Å². The molecule has 0 saturated carbocycles. The van der Waals surface area contributed by atoms with Gasteiger partial charge in [-0.05, 0) is 56.2 Å². The number of nitrogens with one attached hydrogen (secondary N) is 4. The summed E-state index contributed by atoms with van der Waals surface area (Å²) in [6.07, 6.45) is 6.86. The average molecular weight is 328 g/mol. The van der Waals surface area contributed by atoms with E-state index in [9.17, 15) is 9.59 Å². The molecule has 2 saturated heterocycles. The lowest BCUT2D eigenvalue weighted by Crippen LogP contribution is -2.48. The third-order valence-electron chi connectivity index (χ3n) is 5.29. The van der Waals surface area contributed by atoms with E-state index in [1.54, 1.807) is 0 Å². The molecule has 2 unspecified atom stereocenters. The van der Waals surface area contributed by atoms with Crippen LogP contribution in [0.3, 0.4) is 0 Å². The Bertz CT molecular complexity index is 782. The summed E-state index contributed by atoms with van der Waals surface area (Å²) in [7, 11) is 0. The molecule has 6 heteroatoms. The molecule has 0 aliphatic carbocycles. The molecule has 1 amide bonds. The van der Waals surface area contributed by atoms with Gasteiger partial charge >= 0.3 is 5.69 Å². The summed E-state index contributed by atoms with van der Waals surface area (Å²) >= 11 is 0. The van der Waals surface area contributed by atoms with Gasteiger partial charge in [0.15, 0.2) is 0 Å². The second-order valence-corrected chi connectivity index (χ2v) is 7.19. The number of hydrogen-bond acceptors (Lipinski definition) is 3. The van der Waals surface area contributed by atoms with Gasteiger partial charge in [-0.3, -0.25) is 4.79 Å². The van der Waals surface area contributed by atoms with E-state index in [0.29, 0.717) is 24.5 Å². The number of aromatic nitrogens is 2. The SMILES string of the molecule is O=C(CCCc1ccc2[nH]c(=O)[nH]c2c1)NC1CC2CCC(C1)N2. The Balaban J connectivity index is 1.25. The smallest absolute Gasteiger partial charge is 0.323 e. The molecule has 0 spiro atoms. The van der Waals surface area contributed by atoms with Crippen molar-refractivity contribution in [1.29, 1.82) is 0 Å². The van der Waals surface area contributed by atoms with Crippen LogP contribution >= 0.6 is 0 Å². The number of imidazole rings is 1. The van der Waals surface area contributed by atoms with E-state index in [-0.39, 0.29) is 11.6 Å². The summed E-state index contributed by atoms with van der Waals surface area (Å²) in [5, 5.41) is 6.80. The van der Waals surface area contributed by atoms with Crippen LogP contribution < -0.4 is 16.3 Å². The van der Waals surface area contributed by atoms with Crippen LogP contribution in [0.2, 0.25) is 0 Å². The van der Waals surface area contributed by atoms with Crippen molar-refractivity contribution < 1.29 is 4.79 Å². The molecule has 4 N–H and O–H groups in total. The minimum Gasteiger partial charge on any atom is -0.353 e. The number of rotatable bonds is 5. The zero-order valence-electron chi connectivity index (χ0n) is 13.7. The summed E-state index contributed by atoms with van der Waals surface area (Å²) < 4.78 is 0. The van der Waals surface area contributed by atoms with Crippen LogP contribution in [-0.2, 0) is 11.2 Å². The maximum absolute atomic E-state index is 12.2. The Kier molecular flexibility index (Phi) is 4.14. The fourth-order valence-corrected chi connectivity index (χ4v) is 4.16. The molecule has 24 heavy (non-hydrogen) atoms. The monoisotopic (exact) mass is 328 g/mol. The standard InChI is InChI=1S/C18H24N4O2/c23-17(20-14-9-12-5-6-13(10-14)19-12)3-1-2-11-4-7-15-16(8-11)22-18(24)21-15/h4,7-8,12-14,19H,1-3,5-6,9-10H2,(H,20,23)(H2,21,22,24). The van der Waals surface area contributed by atoms with E-state index >= 15 is 0 Å². The van der Waals surface area contributed by atoms with Gasteiger partial charge in [-0.15, -0.1) is 0 Å². The highest BCUT2D eigenvalue weighted by atomic mass is 16.1. The van der Waals surface area contributed by atoms with E-state index in [1.807, 2.05) is 18.2 Å². The third kappa shape index (κ3) is 3.38. The first-order valence-electron chi connectivity index (χ1n) is 8.92. The number of fused-ring (bicyclic) bond motifs is 3. The molecule has 2 aromatic rings. The number of amides is 1. The van der Waals surface area contributed by atoms with E-state index < -0.39 is 0 Å². The topological polar surface area (TPSA) is 89.8 Å². The molecule has 3 heterocycles. The van der Waals surface area contributed by atoms with E-state index in [0.717, 1.165) is 42.3 Å². The highest BCUT2D eigenvalue weighted by molar-refractivity contribution is 5.76. The number of aryl methyl sites for hydroxylation is 1. The van der Waals surface area contributed by atoms with E-state index in [2.05, 4.69) is 20.6 Å². The van der Waals surface area contributed by atoms with Gasteiger partial charge in [0, 0.05) is 24.5 Å². The molecule has 128 valence electrons. The van der Waals surface area contributed by atoms with Gasteiger partial charge in [0.25, 0.3) is 0 Å². The minimum atomic E-state index is -0.183. The minimum absolute atomic E-state index is 0.164. The van der Waals surface area contributed by atoms with Gasteiger partial charge in [-0.1, -0.05) is 6.07 Å². The van der Waals surface area contributed by atoms with Gasteiger partial charge in [0.1, 0.15) is 0 Å². The molecule has 2 aliphatic rings. The highest BCUT2D eigenvalue weighted by Crippen LogP contribution is 2.26. The maximum atomic E-state index is 12.2. The molecule has 6 nitrogen and oxygen atoms in total. The first-order chi connectivity index (χ1) is 11.7. The van der Waals surface area contributed by atoms with Crippen molar-refractivity contribution in [3.8, 4) is 0 Å². The largest absolute Gasteiger partial charge is 0.353 e. The van der Waals surface area contributed by atoms with Gasteiger partial charge in [0.05, 0.1) is 11.0 Å². The highest BCUT2D eigenvalue weighted by Gasteiger charge is 2.33. The Morgan fingerprint density at radius 1 is 1.12 bits per heavy atom. The summed E-state index contributed by atoms with van der Waals surface area (Å²) in [5.41, 5.74) is 2.61. The van der Waals surface area contributed by atoms with Crippen molar-refractivity contribution in [3.63, 3.8) is 0 Å². The fourth-order valence-electron chi connectivity index (χ4n) is 4.16. The van der Waals surface area contributed by atoms with Crippen LogP contribution in [0, 0.1) is 0 Å². The lowest BCUT2D eigenvalue weighted by Gasteiger charge is -2.29. The van der Waals surface area contributed by atoms with E-state index in [1.165, 1.54) is 12.8 Å². The van der Waals surface area contributed by atoms with Crippen LogP contribution in [-0.4, -0.2) is 34.0 Å². The quantitative estimate of drug-likeness (QED) is 0.672. The molecular weight excluding hydrogens is 304 g/mol. The molecule has 1 aromatic carbocycles. The lowest BCUT2D eigenvalue weighted by molar-refractivity contribution is -0.122. The lowest BCUT2D eigenvalue weighted by atomic mass is 9.99. The summed E-state index contributed by atoms with van der Waals surface area (Å²) in [6, 6.07) is 7.45. The number of benzene rings is 1. The predicted octanol–water partition coefficient (Wildman–Crippen LogP) is 1.58. The molecule has 2 fully saturated rings. The Labute approximate surface area is 140 Å². The fraction of sp³-hybridized carbons (Fsp3) is 0.556. The molecule has 2 atom stereocenters. The van der Waals surface area contributed by atoms with E-state index in [4.69, 9.17) is 0 Å². The van der Waals surface area contributed by atoms with Crippen molar-refractivity contribution in [2.75, 3.05) is 0 Å². The van der Waals surface area contributed by atoms with Crippen molar-refractivity contribution >= 4 is 16.9 Å². The molecule has 2 aliphatic heterocycles. The van der Waals surface area contributed by atoms with Crippen molar-refractivity contribution in [3.05, 3.63) is 34.2 Å². The van der Waals surface area contributed by atoms with Crippen LogP contribution in [0.15, 0.2) is 23.0 Å². The van der Waals surface area contributed by atoms with Gasteiger partial charge in [-0.25, -0.2) is 4.79 Å². The molecule has 4 rings (SSSR count). The predicted molar refractivity (Wildman–Crippen MR) is 93.0 cm³/mol. The number of H-pyrrole nitrogens is 2. The Morgan fingerprint density at radius 2 is 1.88 bits per heavy atom. The second kappa shape index (κ2) is 6.43. The Morgan fingerprint density at radius 3 is 2.67 bits per heavy atom. The maximum Gasteiger partial charge on any atom is 0.323 e. The normalized spacial score (nSPS) is 25.9. The zero-order valence-corrected chi connectivity index (χ0v) is 13.7. The number of aromatic amines is 2. The molecular formula is C18H24N4O2. The first-order valence-corrected chi connectivity index (χ1v) is 8.92. The zero-order chi connectivity index (χ0) is 16.5. The van der Waals surface area contributed by atoms with Gasteiger partial charge < -0.3 is 20.6 Å². The number of carbonyl (C=O) groups is 1. The average Bonchev–Trinajstić information content (AvgIpc) is 3.08. The molecule has 2 bridgehead atoms. The van der Waals surface area contributed by atoms with Crippen LogP contribution in [0.5, 0.6) is 0 Å². The van der Waals surface area contributed by atoms with Crippen LogP contribution in [0.4, 0.5) is 0 Å². The molecule has 1 aromatic heterocycles. The van der Waals surface area contributed by atoms with Gasteiger partial charge in [-0.2, -0.15) is 0 Å².